The van der Waals surface area contributed by atoms with Crippen LogP contribution in [-0.4, -0.2) is 19.9 Å². The Morgan fingerprint density at radius 3 is 2.82 bits per heavy atom. The maximum absolute atomic E-state index is 9.16. The first-order valence-corrected chi connectivity index (χ1v) is 7.12. The largest absolute Gasteiger partial charge is 0.457 e. The third-order valence-electron chi connectivity index (χ3n) is 3.70. The molecule has 1 aromatic carbocycles. The summed E-state index contributed by atoms with van der Waals surface area (Å²) < 4.78 is 7.61. The first kappa shape index (κ1) is 12.9. The topological polar surface area (TPSA) is 67.0 Å². The van der Waals surface area contributed by atoms with Gasteiger partial charge in [0.2, 0.25) is 0 Å². The molecular formula is C17H15N3O2. The molecule has 4 aromatic rings. The van der Waals surface area contributed by atoms with E-state index >= 15 is 0 Å². The number of H-pyrrole nitrogens is 1. The quantitative estimate of drug-likeness (QED) is 0.607. The molecule has 0 aliphatic heterocycles. The smallest absolute Gasteiger partial charge is 0.155 e. The van der Waals surface area contributed by atoms with Crippen LogP contribution in [0.5, 0.6) is 0 Å². The number of aliphatic hydroxyl groups excluding tert-OH is 1. The van der Waals surface area contributed by atoms with E-state index in [1.54, 1.807) is 6.07 Å². The molecule has 0 fully saturated rings. The van der Waals surface area contributed by atoms with Gasteiger partial charge in [0.25, 0.3) is 0 Å². The van der Waals surface area contributed by atoms with Crippen molar-refractivity contribution in [2.75, 3.05) is 0 Å². The number of aliphatic hydroxyl groups is 1. The van der Waals surface area contributed by atoms with Gasteiger partial charge in [-0.1, -0.05) is 18.2 Å². The van der Waals surface area contributed by atoms with Crippen LogP contribution in [0.15, 0.2) is 59.3 Å². The Morgan fingerprint density at radius 2 is 2.05 bits per heavy atom. The monoisotopic (exact) mass is 293 g/mol. The second-order valence-corrected chi connectivity index (χ2v) is 5.17. The van der Waals surface area contributed by atoms with E-state index in [1.165, 1.54) is 0 Å². The SMILES string of the molecule is OCc1ccc(-c2nn(Cc3cc[nH]c3)c3ccccc23)o1. The summed E-state index contributed by atoms with van der Waals surface area (Å²) >= 11 is 0. The van der Waals surface area contributed by atoms with E-state index in [0.717, 1.165) is 22.2 Å². The molecule has 0 saturated heterocycles. The summed E-state index contributed by atoms with van der Waals surface area (Å²) in [5.41, 5.74) is 3.02. The van der Waals surface area contributed by atoms with Crippen LogP contribution in [0.1, 0.15) is 11.3 Å². The van der Waals surface area contributed by atoms with Crippen LogP contribution in [0.25, 0.3) is 22.4 Å². The Bertz CT molecular complexity index is 903. The van der Waals surface area contributed by atoms with Crippen molar-refractivity contribution in [3.63, 3.8) is 0 Å². The summed E-state index contributed by atoms with van der Waals surface area (Å²) in [6.07, 6.45) is 3.87. The number of rotatable bonds is 4. The first-order valence-electron chi connectivity index (χ1n) is 7.12. The number of para-hydroxylation sites is 1. The molecule has 110 valence electrons. The molecule has 5 nitrogen and oxygen atoms in total. The maximum atomic E-state index is 9.16. The van der Waals surface area contributed by atoms with Gasteiger partial charge in [-0.25, -0.2) is 0 Å². The summed E-state index contributed by atoms with van der Waals surface area (Å²) in [7, 11) is 0. The molecule has 0 radical (unpaired) electrons. The third-order valence-corrected chi connectivity index (χ3v) is 3.70. The van der Waals surface area contributed by atoms with Crippen molar-refractivity contribution in [2.24, 2.45) is 0 Å². The van der Waals surface area contributed by atoms with E-state index in [1.807, 2.05) is 53.5 Å². The van der Waals surface area contributed by atoms with Gasteiger partial charge in [0, 0.05) is 17.8 Å². The highest BCUT2D eigenvalue weighted by Gasteiger charge is 2.15. The van der Waals surface area contributed by atoms with Crippen molar-refractivity contribution in [1.29, 1.82) is 0 Å². The van der Waals surface area contributed by atoms with Crippen molar-refractivity contribution in [2.45, 2.75) is 13.2 Å². The Morgan fingerprint density at radius 1 is 1.14 bits per heavy atom. The van der Waals surface area contributed by atoms with Crippen LogP contribution in [-0.2, 0) is 13.2 Å². The highest BCUT2D eigenvalue weighted by molar-refractivity contribution is 5.92. The second kappa shape index (κ2) is 5.20. The van der Waals surface area contributed by atoms with E-state index in [9.17, 15) is 0 Å². The van der Waals surface area contributed by atoms with Crippen molar-refractivity contribution in [3.05, 3.63) is 66.2 Å². The van der Waals surface area contributed by atoms with Crippen LogP contribution in [0.2, 0.25) is 0 Å². The summed E-state index contributed by atoms with van der Waals surface area (Å²) in [5.74, 6) is 1.22. The maximum Gasteiger partial charge on any atom is 0.155 e. The van der Waals surface area contributed by atoms with Gasteiger partial charge >= 0.3 is 0 Å². The fraction of sp³-hybridized carbons (Fsp3) is 0.118. The minimum absolute atomic E-state index is 0.109. The highest BCUT2D eigenvalue weighted by atomic mass is 16.4. The Balaban J connectivity index is 1.85. The zero-order chi connectivity index (χ0) is 14.9. The molecule has 3 aromatic heterocycles. The Hall–Kier alpha value is -2.79. The Kier molecular flexibility index (Phi) is 3.05. The Labute approximate surface area is 126 Å². The lowest BCUT2D eigenvalue weighted by Gasteiger charge is -2.00. The minimum atomic E-state index is -0.109. The zero-order valence-electron chi connectivity index (χ0n) is 11.9. The van der Waals surface area contributed by atoms with Gasteiger partial charge in [-0.2, -0.15) is 5.10 Å². The van der Waals surface area contributed by atoms with Crippen molar-refractivity contribution >= 4 is 10.9 Å². The standard InChI is InChI=1S/C17H15N3O2/c21-11-13-5-6-16(22-13)17-14-3-1-2-4-15(14)20(19-17)10-12-7-8-18-9-12/h1-9,18,21H,10-11H2. The van der Waals surface area contributed by atoms with Crippen molar-refractivity contribution in [3.8, 4) is 11.5 Å². The van der Waals surface area contributed by atoms with Crippen molar-refractivity contribution in [1.82, 2.24) is 14.8 Å². The molecule has 0 amide bonds. The molecule has 22 heavy (non-hydrogen) atoms. The summed E-state index contributed by atoms with van der Waals surface area (Å²) in [6, 6.07) is 13.7. The predicted octanol–water partition coefficient (Wildman–Crippen LogP) is 3.17. The molecule has 0 atom stereocenters. The molecule has 0 aliphatic rings. The van der Waals surface area contributed by atoms with Crippen LogP contribution < -0.4 is 0 Å². The number of hydrogen-bond acceptors (Lipinski definition) is 3. The molecule has 0 bridgehead atoms. The summed E-state index contributed by atoms with van der Waals surface area (Å²) in [4.78, 5) is 3.06. The fourth-order valence-electron chi connectivity index (χ4n) is 2.65. The predicted molar refractivity (Wildman–Crippen MR) is 83.3 cm³/mol. The number of benzene rings is 1. The zero-order valence-corrected chi connectivity index (χ0v) is 11.9. The van der Waals surface area contributed by atoms with E-state index in [-0.39, 0.29) is 6.61 Å². The van der Waals surface area contributed by atoms with Gasteiger partial charge in [0.05, 0.1) is 12.1 Å². The van der Waals surface area contributed by atoms with E-state index < -0.39 is 0 Å². The third kappa shape index (κ3) is 2.12. The number of fused-ring (bicyclic) bond motifs is 1. The van der Waals surface area contributed by atoms with Crippen LogP contribution >= 0.6 is 0 Å². The normalized spacial score (nSPS) is 11.3. The van der Waals surface area contributed by atoms with Crippen LogP contribution in [0.3, 0.4) is 0 Å². The molecular weight excluding hydrogens is 278 g/mol. The lowest BCUT2D eigenvalue weighted by atomic mass is 10.2. The minimum Gasteiger partial charge on any atom is -0.457 e. The van der Waals surface area contributed by atoms with Gasteiger partial charge in [0.15, 0.2) is 5.76 Å². The van der Waals surface area contributed by atoms with Gasteiger partial charge in [-0.15, -0.1) is 0 Å². The molecule has 0 unspecified atom stereocenters. The van der Waals surface area contributed by atoms with E-state index in [4.69, 9.17) is 14.6 Å². The molecule has 2 N–H and O–H groups in total. The second-order valence-electron chi connectivity index (χ2n) is 5.17. The summed E-state index contributed by atoms with van der Waals surface area (Å²) in [6.45, 7) is 0.583. The van der Waals surface area contributed by atoms with Gasteiger partial charge < -0.3 is 14.5 Å². The molecule has 4 rings (SSSR count). The number of furan rings is 1. The van der Waals surface area contributed by atoms with Gasteiger partial charge in [0.1, 0.15) is 18.1 Å². The van der Waals surface area contributed by atoms with Crippen molar-refractivity contribution < 1.29 is 9.52 Å². The summed E-state index contributed by atoms with van der Waals surface area (Å²) in [5, 5.41) is 14.9. The lowest BCUT2D eigenvalue weighted by Crippen LogP contribution is -2.00. The number of aromatic nitrogens is 3. The highest BCUT2D eigenvalue weighted by Crippen LogP contribution is 2.29. The number of aromatic amines is 1. The fourth-order valence-corrected chi connectivity index (χ4v) is 2.65. The average molecular weight is 293 g/mol. The average Bonchev–Trinajstić information content (AvgIpc) is 3.27. The van der Waals surface area contributed by atoms with Crippen LogP contribution in [0.4, 0.5) is 0 Å². The number of hydrogen-bond donors (Lipinski definition) is 2. The molecule has 0 saturated carbocycles. The number of nitrogens with zero attached hydrogens (tertiary/aromatic N) is 2. The molecule has 0 spiro atoms. The van der Waals surface area contributed by atoms with Gasteiger partial charge in [-0.05, 0) is 29.8 Å². The lowest BCUT2D eigenvalue weighted by molar-refractivity contribution is 0.248. The first-order chi connectivity index (χ1) is 10.8. The molecule has 0 aliphatic carbocycles. The van der Waals surface area contributed by atoms with Crippen LogP contribution in [0, 0.1) is 0 Å². The van der Waals surface area contributed by atoms with E-state index in [2.05, 4.69) is 4.98 Å². The molecule has 3 heterocycles. The number of nitrogens with one attached hydrogen (secondary N) is 1. The van der Waals surface area contributed by atoms with Gasteiger partial charge in [-0.3, -0.25) is 4.68 Å². The van der Waals surface area contributed by atoms with E-state index in [0.29, 0.717) is 18.1 Å². The molecule has 5 heteroatoms.